The predicted molar refractivity (Wildman–Crippen MR) is 78.0 cm³/mol. The van der Waals surface area contributed by atoms with Gasteiger partial charge >= 0.3 is 5.92 Å². The van der Waals surface area contributed by atoms with Crippen molar-refractivity contribution in [2.75, 3.05) is 13.2 Å². The zero-order valence-electron chi connectivity index (χ0n) is 13.1. The highest BCUT2D eigenvalue weighted by molar-refractivity contribution is 5.13. The zero-order valence-corrected chi connectivity index (χ0v) is 13.1. The molecule has 1 aromatic carbocycles. The molecule has 0 radical (unpaired) electrons. The molecule has 7 heteroatoms. The first kappa shape index (κ1) is 18.2. The number of aliphatic hydroxyl groups is 2. The quantitative estimate of drug-likeness (QED) is 0.796. The molecule has 23 heavy (non-hydrogen) atoms. The second-order valence-corrected chi connectivity index (χ2v) is 5.96. The molecular formula is C16H22F2O5. The summed E-state index contributed by atoms with van der Waals surface area (Å²) in [6.07, 6.45) is -5.04. The van der Waals surface area contributed by atoms with E-state index in [1.165, 1.54) is 0 Å². The molecular weight excluding hydrogens is 310 g/mol. The van der Waals surface area contributed by atoms with Crippen LogP contribution in [0.4, 0.5) is 8.78 Å². The van der Waals surface area contributed by atoms with Crippen molar-refractivity contribution in [3.8, 4) is 0 Å². The lowest BCUT2D eigenvalue weighted by molar-refractivity contribution is -0.242. The number of aliphatic hydroxyl groups excluding tert-OH is 2. The molecule has 5 nitrogen and oxygen atoms in total. The van der Waals surface area contributed by atoms with E-state index in [2.05, 4.69) is 0 Å². The van der Waals surface area contributed by atoms with Crippen LogP contribution in [0, 0.1) is 0 Å². The van der Waals surface area contributed by atoms with Crippen molar-refractivity contribution in [3.05, 3.63) is 35.9 Å². The Kier molecular flexibility index (Phi) is 5.70. The van der Waals surface area contributed by atoms with Crippen LogP contribution in [0.1, 0.15) is 19.4 Å². The molecule has 0 aliphatic carbocycles. The molecule has 0 unspecified atom stereocenters. The largest absolute Gasteiger partial charge is 0.393 e. The van der Waals surface area contributed by atoms with Crippen LogP contribution < -0.4 is 0 Å². The third-order valence-corrected chi connectivity index (χ3v) is 3.64. The zero-order chi connectivity index (χ0) is 17.1. The van der Waals surface area contributed by atoms with E-state index in [4.69, 9.17) is 19.3 Å². The molecule has 1 aromatic rings. The molecule has 0 aromatic heterocycles. The van der Waals surface area contributed by atoms with E-state index in [0.29, 0.717) is 5.56 Å². The van der Waals surface area contributed by atoms with Gasteiger partial charge in [0.25, 0.3) is 0 Å². The van der Waals surface area contributed by atoms with Crippen molar-refractivity contribution in [3.63, 3.8) is 0 Å². The van der Waals surface area contributed by atoms with Gasteiger partial charge in [0, 0.05) is 0 Å². The van der Waals surface area contributed by atoms with E-state index in [0.717, 1.165) is 0 Å². The van der Waals surface area contributed by atoms with Crippen molar-refractivity contribution < 1.29 is 33.2 Å². The lowest BCUT2D eigenvalue weighted by atomic mass is 10.0. The monoisotopic (exact) mass is 332 g/mol. The van der Waals surface area contributed by atoms with Crippen LogP contribution in [-0.2, 0) is 20.8 Å². The van der Waals surface area contributed by atoms with Gasteiger partial charge in [-0.1, -0.05) is 30.3 Å². The predicted octanol–water partition coefficient (Wildman–Crippen LogP) is 1.71. The van der Waals surface area contributed by atoms with Gasteiger partial charge in [0.2, 0.25) is 0 Å². The van der Waals surface area contributed by atoms with E-state index in [9.17, 15) is 13.9 Å². The van der Waals surface area contributed by atoms with Gasteiger partial charge in [0.05, 0.1) is 19.8 Å². The Bertz CT molecular complexity index is 495. The lowest BCUT2D eigenvalue weighted by Gasteiger charge is -2.33. The number of hydrogen-bond donors (Lipinski definition) is 2. The molecule has 0 spiro atoms. The summed E-state index contributed by atoms with van der Waals surface area (Å²) in [6, 6.07) is 8.84. The Morgan fingerprint density at radius 3 is 2.52 bits per heavy atom. The smallest absolute Gasteiger partial charge is 0.303 e. The fraction of sp³-hybridized carbons (Fsp3) is 0.625. The molecule has 3 atom stereocenters. The van der Waals surface area contributed by atoms with Gasteiger partial charge < -0.3 is 24.4 Å². The first-order valence-corrected chi connectivity index (χ1v) is 7.40. The summed E-state index contributed by atoms with van der Waals surface area (Å²) >= 11 is 0. The number of benzene rings is 1. The maximum atomic E-state index is 14.4. The first-order chi connectivity index (χ1) is 10.8. The topological polar surface area (TPSA) is 68.2 Å². The summed E-state index contributed by atoms with van der Waals surface area (Å²) in [4.78, 5) is 0. The fourth-order valence-electron chi connectivity index (χ4n) is 2.40. The Balaban J connectivity index is 2.14. The summed E-state index contributed by atoms with van der Waals surface area (Å²) in [6.45, 7) is 2.00. The van der Waals surface area contributed by atoms with Crippen LogP contribution in [0.5, 0.6) is 0 Å². The van der Waals surface area contributed by atoms with Gasteiger partial charge in [0.1, 0.15) is 12.2 Å². The van der Waals surface area contributed by atoms with Crippen molar-refractivity contribution in [1.29, 1.82) is 0 Å². The third-order valence-electron chi connectivity index (χ3n) is 3.64. The van der Waals surface area contributed by atoms with E-state index < -0.39 is 36.6 Å². The number of rotatable bonds is 7. The Labute approximate surface area is 133 Å². The molecule has 1 aliphatic rings. The fourth-order valence-corrected chi connectivity index (χ4v) is 2.40. The van der Waals surface area contributed by atoms with Gasteiger partial charge in [-0.15, -0.1) is 0 Å². The Morgan fingerprint density at radius 2 is 2.00 bits per heavy atom. The second-order valence-electron chi connectivity index (χ2n) is 5.96. The molecule has 1 heterocycles. The van der Waals surface area contributed by atoms with Gasteiger partial charge in [-0.25, -0.2) is 8.78 Å². The number of hydrogen-bond acceptors (Lipinski definition) is 5. The molecule has 1 aliphatic heterocycles. The van der Waals surface area contributed by atoms with Gasteiger partial charge in [0.15, 0.2) is 11.9 Å². The average molecular weight is 332 g/mol. The van der Waals surface area contributed by atoms with E-state index in [-0.39, 0.29) is 13.2 Å². The van der Waals surface area contributed by atoms with Crippen LogP contribution in [0.3, 0.4) is 0 Å². The van der Waals surface area contributed by atoms with Gasteiger partial charge in [-0.3, -0.25) is 0 Å². The molecule has 1 saturated heterocycles. The third kappa shape index (κ3) is 4.45. The normalized spacial score (nSPS) is 23.7. The summed E-state index contributed by atoms with van der Waals surface area (Å²) in [5.41, 5.74) is 0.713. The van der Waals surface area contributed by atoms with Crippen LogP contribution in [0.15, 0.2) is 30.3 Å². The van der Waals surface area contributed by atoms with E-state index >= 15 is 0 Å². The maximum Gasteiger partial charge on any atom is 0.303 e. The summed E-state index contributed by atoms with van der Waals surface area (Å²) in [7, 11) is 0. The standard InChI is InChI=1S/C16H22F2O5/c1-15(2)22-10-12(23-15)14(16(17,18)13(20)8-19)21-9-11-6-4-3-5-7-11/h3-7,12-14,19-20H,8-10H2,1-2H3/t12-,13+,14-/m1/s1. The minimum absolute atomic E-state index is 0.0699. The van der Waals surface area contributed by atoms with Gasteiger partial charge in [-0.2, -0.15) is 0 Å². The molecule has 130 valence electrons. The van der Waals surface area contributed by atoms with Crippen LogP contribution in [-0.4, -0.2) is 53.4 Å². The molecule has 2 rings (SSSR count). The minimum Gasteiger partial charge on any atom is -0.393 e. The minimum atomic E-state index is -3.68. The summed E-state index contributed by atoms with van der Waals surface area (Å²) in [5.74, 6) is -4.68. The van der Waals surface area contributed by atoms with Crippen LogP contribution >= 0.6 is 0 Å². The van der Waals surface area contributed by atoms with Crippen molar-refractivity contribution in [2.24, 2.45) is 0 Å². The van der Waals surface area contributed by atoms with E-state index in [1.807, 2.05) is 6.07 Å². The maximum absolute atomic E-state index is 14.4. The highest BCUT2D eigenvalue weighted by Crippen LogP contribution is 2.35. The lowest BCUT2D eigenvalue weighted by Crippen LogP contribution is -2.54. The summed E-state index contributed by atoms with van der Waals surface area (Å²) < 4.78 is 45.0. The Hall–Kier alpha value is -1.12. The first-order valence-electron chi connectivity index (χ1n) is 7.40. The Morgan fingerprint density at radius 1 is 1.35 bits per heavy atom. The molecule has 0 bridgehead atoms. The highest BCUT2D eigenvalue weighted by atomic mass is 19.3. The van der Waals surface area contributed by atoms with Gasteiger partial charge in [-0.05, 0) is 19.4 Å². The second kappa shape index (κ2) is 7.19. The van der Waals surface area contributed by atoms with Crippen LogP contribution in [0.2, 0.25) is 0 Å². The van der Waals surface area contributed by atoms with E-state index in [1.54, 1.807) is 38.1 Å². The van der Waals surface area contributed by atoms with Crippen molar-refractivity contribution >= 4 is 0 Å². The van der Waals surface area contributed by atoms with Crippen molar-refractivity contribution in [1.82, 2.24) is 0 Å². The number of ether oxygens (including phenoxy) is 3. The number of alkyl halides is 2. The average Bonchev–Trinajstić information content (AvgIpc) is 2.87. The summed E-state index contributed by atoms with van der Waals surface area (Å²) in [5, 5.41) is 18.4. The number of halogens is 2. The molecule has 0 saturated carbocycles. The molecule has 0 amide bonds. The van der Waals surface area contributed by atoms with Crippen molar-refractivity contribution in [2.45, 2.75) is 50.5 Å². The SMILES string of the molecule is CC1(C)OC[C@H]([C@@H](OCc2ccccc2)C(F)(F)[C@@H](O)CO)O1. The van der Waals surface area contributed by atoms with Crippen LogP contribution in [0.25, 0.3) is 0 Å². The molecule has 1 fully saturated rings. The molecule has 2 N–H and O–H groups in total. The highest BCUT2D eigenvalue weighted by Gasteiger charge is 2.54.